The van der Waals surface area contributed by atoms with E-state index in [-0.39, 0.29) is 34.9 Å². The van der Waals surface area contributed by atoms with E-state index in [1.54, 1.807) is 24.3 Å². The first-order valence-electron chi connectivity index (χ1n) is 18.1. The first-order valence-corrected chi connectivity index (χ1v) is 18.5. The van der Waals surface area contributed by atoms with Gasteiger partial charge >= 0.3 is 30.0 Å². The molecule has 61 heavy (non-hydrogen) atoms. The molecule has 0 aliphatic heterocycles. The first-order chi connectivity index (χ1) is 29.1. The van der Waals surface area contributed by atoms with Gasteiger partial charge in [0.1, 0.15) is 6.04 Å². The normalized spacial score (nSPS) is 13.2. The van der Waals surface area contributed by atoms with Crippen molar-refractivity contribution < 1.29 is 51.3 Å². The lowest BCUT2D eigenvalue weighted by molar-refractivity contribution is -0.154. The van der Waals surface area contributed by atoms with Crippen LogP contribution in [0.3, 0.4) is 0 Å². The number of carbonyl (C=O) groups is 4. The molecule has 6 rings (SSSR count). The molecule has 1 saturated carbocycles. The zero-order valence-corrected chi connectivity index (χ0v) is 33.2. The van der Waals surface area contributed by atoms with Crippen LogP contribution in [0, 0.1) is 0 Å². The fraction of sp³-hybridized carbons (Fsp3) is 0.256. The summed E-state index contributed by atoms with van der Waals surface area (Å²) in [5.41, 5.74) is 1.52. The third kappa shape index (κ3) is 11.7. The van der Waals surface area contributed by atoms with Gasteiger partial charge in [-0.05, 0) is 79.1 Å². The van der Waals surface area contributed by atoms with E-state index in [0.717, 1.165) is 12.7 Å². The molecule has 5 aromatic rings. The number of methoxy groups -OCH3 is 3. The summed E-state index contributed by atoms with van der Waals surface area (Å²) in [6, 6.07) is 18.5. The Hall–Kier alpha value is -7.29. The number of hydrogen-bond donors (Lipinski definition) is 5. The second-order valence-corrected chi connectivity index (χ2v) is 13.6. The van der Waals surface area contributed by atoms with Gasteiger partial charge in [-0.15, -0.1) is 0 Å². The van der Waals surface area contributed by atoms with E-state index in [1.807, 2.05) is 12.1 Å². The lowest BCUT2D eigenvalue weighted by Crippen LogP contribution is -2.50. The summed E-state index contributed by atoms with van der Waals surface area (Å²) in [6.07, 6.45) is -3.27. The molecule has 0 unspecified atom stereocenters. The summed E-state index contributed by atoms with van der Waals surface area (Å²) in [4.78, 5) is 71.9. The summed E-state index contributed by atoms with van der Waals surface area (Å²) < 4.78 is 58.9. The molecular weight excluding hydrogens is 829 g/mol. The van der Waals surface area contributed by atoms with Crippen LogP contribution >= 0.6 is 11.6 Å². The third-order valence-electron chi connectivity index (χ3n) is 8.84. The average Bonchev–Trinajstić information content (AvgIpc) is 4.04. The van der Waals surface area contributed by atoms with Crippen molar-refractivity contribution in [3.05, 3.63) is 95.0 Å². The molecule has 2 heterocycles. The highest BCUT2D eigenvalue weighted by atomic mass is 35.5. The fourth-order valence-corrected chi connectivity index (χ4v) is 5.72. The van der Waals surface area contributed by atoms with E-state index in [4.69, 9.17) is 30.5 Å². The summed E-state index contributed by atoms with van der Waals surface area (Å²) in [5.74, 6) is -3.18. The monoisotopic (exact) mass is 864 g/mol. The topological polar surface area (TPSA) is 230 Å². The molecule has 3 amide bonds. The van der Waals surface area contributed by atoms with Crippen LogP contribution in [0.2, 0.25) is 5.02 Å². The number of rotatable bonds is 16. The van der Waals surface area contributed by atoms with Gasteiger partial charge in [0.2, 0.25) is 23.7 Å². The minimum Gasteiger partial charge on any atom is -0.481 e. The Morgan fingerprint density at radius 2 is 1.41 bits per heavy atom. The quantitative estimate of drug-likeness (QED) is 0.0662. The maximum absolute atomic E-state index is 13.2. The van der Waals surface area contributed by atoms with Crippen molar-refractivity contribution in [2.24, 2.45) is 0 Å². The number of esters is 1. The first kappa shape index (κ1) is 43.3. The van der Waals surface area contributed by atoms with E-state index in [2.05, 4.69) is 51.5 Å². The Morgan fingerprint density at radius 3 is 2.00 bits per heavy atom. The number of carbonyl (C=O) groups excluding carboxylic acids is 4. The second kappa shape index (κ2) is 18.7. The van der Waals surface area contributed by atoms with Gasteiger partial charge in [0.05, 0.1) is 32.9 Å². The minimum atomic E-state index is -4.65. The smallest absolute Gasteiger partial charge is 0.422 e. The number of halogens is 4. The maximum atomic E-state index is 13.2. The number of alkyl halides is 3. The van der Waals surface area contributed by atoms with Crippen molar-refractivity contribution in [3.63, 3.8) is 0 Å². The van der Waals surface area contributed by atoms with Crippen molar-refractivity contribution in [2.45, 2.75) is 30.6 Å². The van der Waals surface area contributed by atoms with Gasteiger partial charge in [-0.25, -0.2) is 4.79 Å². The van der Waals surface area contributed by atoms with Crippen LogP contribution < -0.4 is 40.8 Å². The van der Waals surface area contributed by atoms with Gasteiger partial charge in [0.15, 0.2) is 12.4 Å². The zero-order chi connectivity index (χ0) is 43.7. The number of benzene rings is 3. The predicted molar refractivity (Wildman–Crippen MR) is 213 cm³/mol. The summed E-state index contributed by atoms with van der Waals surface area (Å²) in [6.45, 7) is -2.15. The van der Waals surface area contributed by atoms with Crippen molar-refractivity contribution >= 4 is 58.6 Å². The average molecular weight is 865 g/mol. The SMILES string of the molecule is COC(=O)[C@H](CNC(=O)C(=O)Nc1ccc(-c2nc(OC)cc(OC)n2)cc1)NC(=O)c1ccc(Nc2nc(NC3(c4ccc(Cl)cc4)CC3)nc(OCC(F)(F)F)n2)cc1. The summed E-state index contributed by atoms with van der Waals surface area (Å²) in [7, 11) is 3.97. The molecule has 22 heteroatoms. The highest BCUT2D eigenvalue weighted by Gasteiger charge is 2.45. The van der Waals surface area contributed by atoms with Crippen LogP contribution in [0.25, 0.3) is 11.4 Å². The van der Waals surface area contributed by atoms with E-state index in [1.165, 1.54) is 56.7 Å². The molecule has 0 bridgehead atoms. The van der Waals surface area contributed by atoms with Crippen molar-refractivity contribution in [1.82, 2.24) is 35.6 Å². The third-order valence-corrected chi connectivity index (χ3v) is 9.10. The molecule has 18 nitrogen and oxygen atoms in total. The predicted octanol–water partition coefficient (Wildman–Crippen LogP) is 4.81. The van der Waals surface area contributed by atoms with Gasteiger partial charge in [0, 0.05) is 34.1 Å². The van der Waals surface area contributed by atoms with Gasteiger partial charge < -0.3 is 45.5 Å². The molecule has 0 saturated heterocycles. The molecule has 318 valence electrons. The largest absolute Gasteiger partial charge is 0.481 e. The number of aromatic nitrogens is 5. The lowest BCUT2D eigenvalue weighted by Gasteiger charge is -2.19. The fourth-order valence-electron chi connectivity index (χ4n) is 5.59. The number of anilines is 4. The maximum Gasteiger partial charge on any atom is 0.422 e. The highest BCUT2D eigenvalue weighted by molar-refractivity contribution is 6.39. The Labute approximate surface area is 350 Å². The van der Waals surface area contributed by atoms with Crippen LogP contribution in [-0.4, -0.2) is 95.3 Å². The molecule has 3 aromatic carbocycles. The van der Waals surface area contributed by atoms with E-state index in [9.17, 15) is 32.3 Å². The Morgan fingerprint density at radius 1 is 0.787 bits per heavy atom. The van der Waals surface area contributed by atoms with Crippen molar-refractivity contribution in [1.29, 1.82) is 0 Å². The zero-order valence-electron chi connectivity index (χ0n) is 32.4. The van der Waals surface area contributed by atoms with Crippen molar-refractivity contribution in [3.8, 4) is 29.2 Å². The molecule has 1 aliphatic rings. The molecule has 5 N–H and O–H groups in total. The molecule has 1 aliphatic carbocycles. The van der Waals surface area contributed by atoms with Crippen LogP contribution in [0.5, 0.6) is 17.8 Å². The van der Waals surface area contributed by atoms with Gasteiger partial charge in [0.25, 0.3) is 5.91 Å². The molecule has 2 aromatic heterocycles. The molecular formula is C39H36ClF3N10O8. The minimum absolute atomic E-state index is 0.0482. The highest BCUT2D eigenvalue weighted by Crippen LogP contribution is 2.48. The van der Waals surface area contributed by atoms with E-state index < -0.39 is 60.6 Å². The molecule has 0 radical (unpaired) electrons. The van der Waals surface area contributed by atoms with Gasteiger partial charge in [-0.2, -0.15) is 38.1 Å². The number of hydrogen-bond acceptors (Lipinski definition) is 15. The van der Waals surface area contributed by atoms with Crippen LogP contribution in [0.1, 0.15) is 28.8 Å². The number of ether oxygens (including phenoxy) is 4. The molecule has 1 fully saturated rings. The lowest BCUT2D eigenvalue weighted by atomic mass is 10.1. The van der Waals surface area contributed by atoms with Crippen molar-refractivity contribution in [2.75, 3.05) is 50.4 Å². The second-order valence-electron chi connectivity index (χ2n) is 13.2. The van der Waals surface area contributed by atoms with E-state index in [0.29, 0.717) is 34.9 Å². The van der Waals surface area contributed by atoms with Crippen LogP contribution in [0.4, 0.5) is 36.4 Å². The Balaban J connectivity index is 1.06. The number of nitrogens with one attached hydrogen (secondary N) is 5. The standard InChI is InChI=1S/C39H36ClF3N10O8/c1-58-28-18-29(59-2)49-30(48-28)21-4-12-25(13-5-21)45-33(56)32(55)44-19-27(34(57)60-3)47-31(54)22-6-14-26(15-7-22)46-35-50-36(52-37(51-35)61-20-39(41,42)43)53-38(16-17-38)23-8-10-24(40)11-9-23/h4-15,18,27H,16-17,19-20H2,1-3H3,(H,44,55)(H,45,56)(H,47,54)(H2,46,50,51,52,53)/t27-/m0/s1. The van der Waals surface area contributed by atoms with Crippen LogP contribution in [0.15, 0.2) is 78.9 Å². The van der Waals surface area contributed by atoms with Gasteiger partial charge in [-0.1, -0.05) is 23.7 Å². The number of amides is 3. The summed E-state index contributed by atoms with van der Waals surface area (Å²) in [5, 5.41) is 13.8. The Kier molecular flexibility index (Phi) is 13.3. The number of nitrogens with zero attached hydrogens (tertiary/aromatic N) is 5. The Bertz CT molecular complexity index is 2370. The molecule has 0 spiro atoms. The van der Waals surface area contributed by atoms with E-state index >= 15 is 0 Å². The summed E-state index contributed by atoms with van der Waals surface area (Å²) >= 11 is 6.04. The van der Waals surface area contributed by atoms with Crippen LogP contribution in [-0.2, 0) is 24.7 Å². The van der Waals surface area contributed by atoms with Gasteiger partial charge in [-0.3, -0.25) is 14.4 Å². The molecule has 1 atom stereocenters.